The molecule has 1 atom stereocenters. The molecule has 1 fully saturated rings. The van der Waals surface area contributed by atoms with Crippen molar-refractivity contribution in [2.75, 3.05) is 46.4 Å². The number of hydrogen-bond donors (Lipinski definition) is 2. The van der Waals surface area contributed by atoms with Gasteiger partial charge in [0.2, 0.25) is 0 Å². The quantitative estimate of drug-likeness (QED) is 0.257. The molecule has 0 aromatic rings. The fourth-order valence-electron chi connectivity index (χ4n) is 2.77. The summed E-state index contributed by atoms with van der Waals surface area (Å²) in [5.41, 5.74) is 0. The Morgan fingerprint density at radius 2 is 2.14 bits per heavy atom. The van der Waals surface area contributed by atoms with Gasteiger partial charge in [0.05, 0.1) is 6.54 Å². The number of rotatable bonds is 9. The number of methoxy groups -OCH3 is 1. The monoisotopic (exact) mass is 426 g/mol. The van der Waals surface area contributed by atoms with Crippen LogP contribution in [-0.4, -0.2) is 63.3 Å². The molecule has 0 spiro atoms. The van der Waals surface area contributed by atoms with Gasteiger partial charge < -0.3 is 15.4 Å². The molecule has 132 valence electrons. The first-order valence-corrected chi connectivity index (χ1v) is 8.42. The minimum atomic E-state index is 0. The first-order valence-electron chi connectivity index (χ1n) is 8.42. The summed E-state index contributed by atoms with van der Waals surface area (Å²) >= 11 is 0. The van der Waals surface area contributed by atoms with E-state index in [-0.39, 0.29) is 24.0 Å². The van der Waals surface area contributed by atoms with Crippen LogP contribution in [0.2, 0.25) is 0 Å². The molecule has 0 aromatic heterocycles. The van der Waals surface area contributed by atoms with Gasteiger partial charge in [-0.2, -0.15) is 0 Å². The van der Waals surface area contributed by atoms with Crippen LogP contribution in [0.1, 0.15) is 40.0 Å². The average molecular weight is 426 g/mol. The van der Waals surface area contributed by atoms with Crippen molar-refractivity contribution in [1.29, 1.82) is 0 Å². The Bertz CT molecular complexity index is 300. The number of nitrogens with one attached hydrogen (secondary N) is 2. The number of aliphatic imine (C=N–C) groups is 1. The first kappa shape index (κ1) is 21.9. The minimum Gasteiger partial charge on any atom is -0.385 e. The molecule has 0 amide bonds. The summed E-state index contributed by atoms with van der Waals surface area (Å²) in [4.78, 5) is 7.36. The van der Waals surface area contributed by atoms with Crippen molar-refractivity contribution in [3.8, 4) is 0 Å². The van der Waals surface area contributed by atoms with Gasteiger partial charge in [-0.3, -0.25) is 9.89 Å². The van der Waals surface area contributed by atoms with Crippen LogP contribution in [0.15, 0.2) is 4.99 Å². The summed E-state index contributed by atoms with van der Waals surface area (Å²) in [6, 6.07) is 0.613. The molecule has 22 heavy (non-hydrogen) atoms. The second-order valence-electron chi connectivity index (χ2n) is 6.18. The molecule has 0 saturated carbocycles. The van der Waals surface area contributed by atoms with Gasteiger partial charge in [0.25, 0.3) is 0 Å². The van der Waals surface area contributed by atoms with E-state index in [0.717, 1.165) is 44.5 Å². The minimum absolute atomic E-state index is 0. The normalized spacial score (nSPS) is 19.3. The molecule has 0 bridgehead atoms. The van der Waals surface area contributed by atoms with E-state index in [1.165, 1.54) is 25.9 Å². The summed E-state index contributed by atoms with van der Waals surface area (Å²) in [6.45, 7) is 12.6. The highest BCUT2D eigenvalue weighted by atomic mass is 127. The predicted octanol–water partition coefficient (Wildman–Crippen LogP) is 2.32. The average Bonchev–Trinajstić information content (AvgIpc) is 2.87. The molecule has 1 rings (SSSR count). The van der Waals surface area contributed by atoms with Crippen molar-refractivity contribution in [2.45, 2.75) is 46.1 Å². The van der Waals surface area contributed by atoms with Crippen LogP contribution < -0.4 is 10.6 Å². The van der Waals surface area contributed by atoms with Gasteiger partial charge in [0, 0.05) is 39.4 Å². The largest absolute Gasteiger partial charge is 0.385 e. The molecule has 1 saturated heterocycles. The zero-order chi connectivity index (χ0) is 15.5. The number of likely N-dealkylation sites (tertiary alicyclic amines) is 1. The summed E-state index contributed by atoms with van der Waals surface area (Å²) < 4.78 is 5.07. The molecule has 5 nitrogen and oxygen atoms in total. The molecular weight excluding hydrogens is 391 g/mol. The number of nitrogens with zero attached hydrogens (tertiary/aromatic N) is 2. The fourth-order valence-corrected chi connectivity index (χ4v) is 2.77. The summed E-state index contributed by atoms with van der Waals surface area (Å²) in [5, 5.41) is 6.69. The Morgan fingerprint density at radius 3 is 2.77 bits per heavy atom. The Morgan fingerprint density at radius 1 is 1.36 bits per heavy atom. The number of halogens is 1. The lowest BCUT2D eigenvalue weighted by atomic mass is 10.2. The van der Waals surface area contributed by atoms with E-state index in [2.05, 4.69) is 36.3 Å². The SMILES string of the molecule is CCNC(=NC[C@H]1CCCN1CC(C)C)NCCCOC.I. The molecule has 0 radical (unpaired) electrons. The predicted molar refractivity (Wildman–Crippen MR) is 105 cm³/mol. The van der Waals surface area contributed by atoms with Gasteiger partial charge in [-0.05, 0) is 38.6 Å². The number of ether oxygens (including phenoxy) is 1. The van der Waals surface area contributed by atoms with E-state index in [9.17, 15) is 0 Å². The van der Waals surface area contributed by atoms with Crippen molar-refractivity contribution in [3.63, 3.8) is 0 Å². The third-order valence-electron chi connectivity index (χ3n) is 3.72. The second-order valence-corrected chi connectivity index (χ2v) is 6.18. The second kappa shape index (κ2) is 13.4. The number of guanidine groups is 1. The zero-order valence-electron chi connectivity index (χ0n) is 14.7. The lowest BCUT2D eigenvalue weighted by Crippen LogP contribution is -2.40. The molecule has 1 aliphatic heterocycles. The van der Waals surface area contributed by atoms with Crippen LogP contribution in [0.3, 0.4) is 0 Å². The molecule has 0 aliphatic carbocycles. The van der Waals surface area contributed by atoms with Crippen molar-refractivity contribution in [2.24, 2.45) is 10.9 Å². The van der Waals surface area contributed by atoms with Crippen LogP contribution in [0.25, 0.3) is 0 Å². The Kier molecular flexibility index (Phi) is 13.3. The van der Waals surface area contributed by atoms with E-state index >= 15 is 0 Å². The highest BCUT2D eigenvalue weighted by molar-refractivity contribution is 14.0. The highest BCUT2D eigenvalue weighted by Gasteiger charge is 2.24. The third-order valence-corrected chi connectivity index (χ3v) is 3.72. The van der Waals surface area contributed by atoms with E-state index in [4.69, 9.17) is 9.73 Å². The zero-order valence-corrected chi connectivity index (χ0v) is 17.1. The van der Waals surface area contributed by atoms with Crippen molar-refractivity contribution < 1.29 is 4.74 Å². The summed E-state index contributed by atoms with van der Waals surface area (Å²) in [5.74, 6) is 1.67. The molecule has 6 heteroatoms. The van der Waals surface area contributed by atoms with E-state index in [1.807, 2.05) is 0 Å². The van der Waals surface area contributed by atoms with Crippen LogP contribution in [0, 0.1) is 5.92 Å². The van der Waals surface area contributed by atoms with Gasteiger partial charge in [-0.25, -0.2) is 0 Å². The third kappa shape index (κ3) is 9.15. The topological polar surface area (TPSA) is 48.9 Å². The number of hydrogen-bond acceptors (Lipinski definition) is 3. The molecule has 2 N–H and O–H groups in total. The summed E-state index contributed by atoms with van der Waals surface area (Å²) in [7, 11) is 1.74. The van der Waals surface area contributed by atoms with Gasteiger partial charge in [-0.15, -0.1) is 24.0 Å². The maximum absolute atomic E-state index is 5.07. The molecule has 1 aliphatic rings. The molecule has 0 unspecified atom stereocenters. The van der Waals surface area contributed by atoms with E-state index < -0.39 is 0 Å². The van der Waals surface area contributed by atoms with Gasteiger partial charge in [-0.1, -0.05) is 13.8 Å². The van der Waals surface area contributed by atoms with E-state index in [0.29, 0.717) is 6.04 Å². The lowest BCUT2D eigenvalue weighted by molar-refractivity contribution is 0.195. The Balaban J connectivity index is 0.00000441. The molecular formula is C16H35IN4O. The molecule has 0 aromatic carbocycles. The van der Waals surface area contributed by atoms with Crippen molar-refractivity contribution >= 4 is 29.9 Å². The lowest BCUT2D eigenvalue weighted by Gasteiger charge is -2.25. The fraction of sp³-hybridized carbons (Fsp3) is 0.938. The smallest absolute Gasteiger partial charge is 0.191 e. The summed E-state index contributed by atoms with van der Waals surface area (Å²) in [6.07, 6.45) is 3.59. The van der Waals surface area contributed by atoms with Gasteiger partial charge in [0.15, 0.2) is 5.96 Å². The van der Waals surface area contributed by atoms with Gasteiger partial charge in [0.1, 0.15) is 0 Å². The van der Waals surface area contributed by atoms with E-state index in [1.54, 1.807) is 7.11 Å². The van der Waals surface area contributed by atoms with Crippen LogP contribution in [0.5, 0.6) is 0 Å². The standard InChI is InChI=1S/C16H34N4O.HI/c1-5-17-16(18-9-7-11-21-4)19-12-15-8-6-10-20(15)13-14(2)3;/h14-15H,5-13H2,1-4H3,(H2,17,18,19);1H/t15-;/m1./s1. The Labute approximate surface area is 153 Å². The van der Waals surface area contributed by atoms with Crippen molar-refractivity contribution in [1.82, 2.24) is 15.5 Å². The highest BCUT2D eigenvalue weighted by Crippen LogP contribution is 2.18. The van der Waals surface area contributed by atoms with Crippen molar-refractivity contribution in [3.05, 3.63) is 0 Å². The maximum atomic E-state index is 5.07. The van der Waals surface area contributed by atoms with Crippen LogP contribution in [0.4, 0.5) is 0 Å². The van der Waals surface area contributed by atoms with Crippen LogP contribution in [-0.2, 0) is 4.74 Å². The first-order chi connectivity index (χ1) is 10.2. The Hall–Kier alpha value is -0.0800. The van der Waals surface area contributed by atoms with Gasteiger partial charge >= 0.3 is 0 Å². The molecule has 1 heterocycles. The maximum Gasteiger partial charge on any atom is 0.191 e. The van der Waals surface area contributed by atoms with Crippen LogP contribution >= 0.6 is 24.0 Å².